The van der Waals surface area contributed by atoms with E-state index in [2.05, 4.69) is 27.9 Å². The molecule has 2 aromatic heterocycles. The molecule has 2 heterocycles. The van der Waals surface area contributed by atoms with Crippen molar-refractivity contribution in [3.63, 3.8) is 0 Å². The average Bonchev–Trinajstić information content (AvgIpc) is 2.39. The minimum atomic E-state index is 0.962. The maximum atomic E-state index is 4.26. The molecule has 68 valence electrons. The van der Waals surface area contributed by atoms with Crippen molar-refractivity contribution in [2.24, 2.45) is 0 Å². The molecule has 0 aliphatic rings. The second-order valence-electron chi connectivity index (χ2n) is 3.39. The standard InChI is InChI=1S/C10H13N3/c1-7-9(13(2)3)8-5-4-6-11-10(8)12-7/h4-6H,1-3H3,(H,11,12). The summed E-state index contributed by atoms with van der Waals surface area (Å²) < 4.78 is 0. The van der Waals surface area contributed by atoms with Crippen molar-refractivity contribution in [2.45, 2.75) is 6.92 Å². The van der Waals surface area contributed by atoms with Crippen molar-refractivity contribution in [3.8, 4) is 0 Å². The van der Waals surface area contributed by atoms with Crippen molar-refractivity contribution in [2.75, 3.05) is 19.0 Å². The fourth-order valence-electron chi connectivity index (χ4n) is 1.71. The van der Waals surface area contributed by atoms with Crippen LogP contribution in [0.2, 0.25) is 0 Å². The van der Waals surface area contributed by atoms with Crippen LogP contribution in [0.3, 0.4) is 0 Å². The fraction of sp³-hybridized carbons (Fsp3) is 0.300. The van der Waals surface area contributed by atoms with Gasteiger partial charge >= 0.3 is 0 Å². The van der Waals surface area contributed by atoms with Gasteiger partial charge in [0.1, 0.15) is 5.65 Å². The highest BCUT2D eigenvalue weighted by molar-refractivity contribution is 5.92. The van der Waals surface area contributed by atoms with E-state index in [-0.39, 0.29) is 0 Å². The van der Waals surface area contributed by atoms with Gasteiger partial charge in [0.25, 0.3) is 0 Å². The van der Waals surface area contributed by atoms with Crippen LogP contribution in [-0.2, 0) is 0 Å². The number of pyridine rings is 1. The van der Waals surface area contributed by atoms with E-state index >= 15 is 0 Å². The Bertz CT molecular complexity index is 429. The Hall–Kier alpha value is -1.51. The van der Waals surface area contributed by atoms with Gasteiger partial charge in [-0.2, -0.15) is 0 Å². The van der Waals surface area contributed by atoms with Crippen molar-refractivity contribution in [3.05, 3.63) is 24.0 Å². The first-order valence-corrected chi connectivity index (χ1v) is 4.31. The van der Waals surface area contributed by atoms with Crippen LogP contribution >= 0.6 is 0 Å². The number of anilines is 1. The van der Waals surface area contributed by atoms with E-state index in [0.717, 1.165) is 5.65 Å². The van der Waals surface area contributed by atoms with Gasteiger partial charge in [-0.15, -0.1) is 0 Å². The summed E-state index contributed by atoms with van der Waals surface area (Å²) in [5.41, 5.74) is 3.35. The van der Waals surface area contributed by atoms with Crippen LogP contribution in [0.15, 0.2) is 18.3 Å². The Morgan fingerprint density at radius 3 is 2.85 bits per heavy atom. The molecule has 2 rings (SSSR count). The van der Waals surface area contributed by atoms with E-state index in [4.69, 9.17) is 0 Å². The van der Waals surface area contributed by atoms with Crippen LogP contribution in [0.4, 0.5) is 5.69 Å². The summed E-state index contributed by atoms with van der Waals surface area (Å²) in [6, 6.07) is 4.05. The maximum absolute atomic E-state index is 4.26. The van der Waals surface area contributed by atoms with Crippen LogP contribution in [0.5, 0.6) is 0 Å². The zero-order valence-corrected chi connectivity index (χ0v) is 8.13. The Balaban J connectivity index is 2.78. The number of aromatic nitrogens is 2. The zero-order valence-electron chi connectivity index (χ0n) is 8.13. The molecule has 0 saturated carbocycles. The molecular formula is C10H13N3. The second-order valence-corrected chi connectivity index (χ2v) is 3.39. The van der Waals surface area contributed by atoms with Crippen LogP contribution < -0.4 is 4.90 Å². The van der Waals surface area contributed by atoms with Crippen LogP contribution in [0, 0.1) is 6.92 Å². The lowest BCUT2D eigenvalue weighted by molar-refractivity contribution is 1.11. The second kappa shape index (κ2) is 2.76. The largest absolute Gasteiger partial charge is 0.376 e. The summed E-state index contributed by atoms with van der Waals surface area (Å²) in [7, 11) is 4.09. The lowest BCUT2D eigenvalue weighted by atomic mass is 10.2. The SMILES string of the molecule is Cc1[nH]c2ncccc2c1N(C)C. The highest BCUT2D eigenvalue weighted by Gasteiger charge is 2.09. The molecule has 0 spiro atoms. The number of hydrogen-bond acceptors (Lipinski definition) is 2. The Labute approximate surface area is 77.4 Å². The van der Waals surface area contributed by atoms with E-state index in [1.54, 1.807) is 6.20 Å². The van der Waals surface area contributed by atoms with E-state index in [1.165, 1.54) is 16.8 Å². The van der Waals surface area contributed by atoms with Gasteiger partial charge in [-0.1, -0.05) is 0 Å². The Kier molecular flexibility index (Phi) is 1.72. The molecule has 2 aromatic rings. The molecule has 0 unspecified atom stereocenters. The van der Waals surface area contributed by atoms with Gasteiger partial charge < -0.3 is 9.88 Å². The van der Waals surface area contributed by atoms with Crippen molar-refractivity contribution >= 4 is 16.7 Å². The predicted molar refractivity (Wildman–Crippen MR) is 55.2 cm³/mol. The van der Waals surface area contributed by atoms with Gasteiger partial charge in [0.15, 0.2) is 0 Å². The molecule has 0 aliphatic carbocycles. The molecule has 0 aliphatic heterocycles. The molecule has 0 radical (unpaired) electrons. The van der Waals surface area contributed by atoms with Crippen molar-refractivity contribution in [1.82, 2.24) is 9.97 Å². The molecule has 3 nitrogen and oxygen atoms in total. The lowest BCUT2D eigenvalue weighted by Crippen LogP contribution is -2.09. The average molecular weight is 175 g/mol. The number of H-pyrrole nitrogens is 1. The third-order valence-electron chi connectivity index (χ3n) is 2.17. The number of rotatable bonds is 1. The number of hydrogen-bond donors (Lipinski definition) is 1. The lowest BCUT2D eigenvalue weighted by Gasteiger charge is -2.11. The van der Waals surface area contributed by atoms with Gasteiger partial charge in [-0.05, 0) is 19.1 Å². The zero-order chi connectivity index (χ0) is 9.42. The van der Waals surface area contributed by atoms with Crippen LogP contribution in [0.1, 0.15) is 5.69 Å². The summed E-state index contributed by atoms with van der Waals surface area (Å²) in [5, 5.41) is 1.19. The maximum Gasteiger partial charge on any atom is 0.139 e. The summed E-state index contributed by atoms with van der Waals surface area (Å²) in [6.07, 6.45) is 1.80. The molecule has 13 heavy (non-hydrogen) atoms. The monoisotopic (exact) mass is 175 g/mol. The summed E-state index contributed by atoms with van der Waals surface area (Å²) in [5.74, 6) is 0. The first-order chi connectivity index (χ1) is 6.20. The van der Waals surface area contributed by atoms with Gasteiger partial charge in [0, 0.05) is 31.4 Å². The molecule has 0 aromatic carbocycles. The molecule has 0 amide bonds. The topological polar surface area (TPSA) is 31.9 Å². The van der Waals surface area contributed by atoms with E-state index in [1.807, 2.05) is 20.2 Å². The van der Waals surface area contributed by atoms with Gasteiger partial charge in [0.05, 0.1) is 5.69 Å². The number of nitrogens with one attached hydrogen (secondary N) is 1. The smallest absolute Gasteiger partial charge is 0.139 e. The third-order valence-corrected chi connectivity index (χ3v) is 2.17. The summed E-state index contributed by atoms with van der Waals surface area (Å²) >= 11 is 0. The van der Waals surface area contributed by atoms with E-state index < -0.39 is 0 Å². The number of fused-ring (bicyclic) bond motifs is 1. The molecule has 0 fully saturated rings. The summed E-state index contributed by atoms with van der Waals surface area (Å²) in [6.45, 7) is 2.07. The first kappa shape index (κ1) is 8.10. The molecular weight excluding hydrogens is 162 g/mol. The van der Waals surface area contributed by atoms with E-state index in [9.17, 15) is 0 Å². The summed E-state index contributed by atoms with van der Waals surface area (Å²) in [4.78, 5) is 9.63. The highest BCUT2D eigenvalue weighted by Crippen LogP contribution is 2.27. The van der Waals surface area contributed by atoms with Gasteiger partial charge in [-0.3, -0.25) is 0 Å². The van der Waals surface area contributed by atoms with E-state index in [0.29, 0.717) is 0 Å². The molecule has 0 saturated heterocycles. The normalized spacial score (nSPS) is 10.7. The Morgan fingerprint density at radius 1 is 1.38 bits per heavy atom. The number of aromatic amines is 1. The molecule has 3 heteroatoms. The quantitative estimate of drug-likeness (QED) is 0.718. The van der Waals surface area contributed by atoms with Crippen molar-refractivity contribution < 1.29 is 0 Å². The van der Waals surface area contributed by atoms with Crippen LogP contribution in [0.25, 0.3) is 11.0 Å². The molecule has 0 atom stereocenters. The predicted octanol–water partition coefficient (Wildman–Crippen LogP) is 1.94. The van der Waals surface area contributed by atoms with Crippen molar-refractivity contribution in [1.29, 1.82) is 0 Å². The van der Waals surface area contributed by atoms with Crippen LogP contribution in [-0.4, -0.2) is 24.1 Å². The fourth-order valence-corrected chi connectivity index (χ4v) is 1.71. The minimum Gasteiger partial charge on any atom is -0.376 e. The number of aryl methyl sites for hydroxylation is 1. The van der Waals surface area contributed by atoms with Gasteiger partial charge in [-0.25, -0.2) is 4.98 Å². The Morgan fingerprint density at radius 2 is 2.15 bits per heavy atom. The first-order valence-electron chi connectivity index (χ1n) is 4.31. The highest BCUT2D eigenvalue weighted by atomic mass is 15.1. The minimum absolute atomic E-state index is 0.962. The van der Waals surface area contributed by atoms with Gasteiger partial charge in [0.2, 0.25) is 0 Å². The molecule has 0 bridgehead atoms. The number of nitrogens with zero attached hydrogens (tertiary/aromatic N) is 2. The molecule has 1 N–H and O–H groups in total. The third kappa shape index (κ3) is 1.16.